The molecule has 1 rings (SSSR count). The van der Waals surface area contributed by atoms with E-state index >= 15 is 0 Å². The molecule has 0 radical (unpaired) electrons. The summed E-state index contributed by atoms with van der Waals surface area (Å²) in [6, 6.07) is 0. The number of unbranched alkanes of at least 4 members (excludes halogenated alkanes) is 18. The lowest BCUT2D eigenvalue weighted by atomic mass is 10.1. The van der Waals surface area contributed by atoms with Crippen LogP contribution in [-0.2, 0) is 0 Å². The summed E-state index contributed by atoms with van der Waals surface area (Å²) in [5.74, 6) is 0.691. The van der Waals surface area contributed by atoms with E-state index in [9.17, 15) is 0 Å². The topological polar surface area (TPSA) is 6.48 Å². The van der Waals surface area contributed by atoms with Crippen molar-refractivity contribution >= 4 is 0 Å². The highest BCUT2D eigenvalue weighted by Crippen LogP contribution is 2.24. The molecule has 0 fully saturated rings. The Morgan fingerprint density at radius 1 is 0.469 bits per heavy atom. The predicted molar refractivity (Wildman–Crippen MR) is 145 cm³/mol. The van der Waals surface area contributed by atoms with Gasteiger partial charge >= 0.3 is 0 Å². The third-order valence-corrected chi connectivity index (χ3v) is 7.27. The highest BCUT2D eigenvalue weighted by molar-refractivity contribution is 4.98. The lowest BCUT2D eigenvalue weighted by molar-refractivity contribution is 0.104. The largest absolute Gasteiger partial charge is 0.356 e. The van der Waals surface area contributed by atoms with Gasteiger partial charge in [0.25, 0.3) is 0 Å². The highest BCUT2D eigenvalue weighted by atomic mass is 15.4. The van der Waals surface area contributed by atoms with Crippen LogP contribution < -0.4 is 0 Å². The van der Waals surface area contributed by atoms with E-state index < -0.39 is 0 Å². The summed E-state index contributed by atoms with van der Waals surface area (Å²) in [5.41, 5.74) is 0. The van der Waals surface area contributed by atoms with Gasteiger partial charge in [0, 0.05) is 25.5 Å². The quantitative estimate of drug-likeness (QED) is 0.143. The van der Waals surface area contributed by atoms with E-state index in [1.807, 2.05) is 0 Å². The molecular weight excluding hydrogens is 388 g/mol. The van der Waals surface area contributed by atoms with Crippen LogP contribution in [0.25, 0.3) is 0 Å². The molecule has 0 aromatic carbocycles. The summed E-state index contributed by atoms with van der Waals surface area (Å²) in [5, 5.41) is 0. The molecule has 32 heavy (non-hydrogen) atoms. The summed E-state index contributed by atoms with van der Waals surface area (Å²) in [6.45, 7) is 11.9. The number of rotatable bonds is 23. The molecule has 0 saturated carbocycles. The monoisotopic (exact) mass is 448 g/mol. The Kier molecular flexibility index (Phi) is 19.2. The normalized spacial score (nSPS) is 16.1. The lowest BCUT2D eigenvalue weighted by Crippen LogP contribution is -2.43. The van der Waals surface area contributed by atoms with E-state index in [0.29, 0.717) is 12.1 Å². The van der Waals surface area contributed by atoms with Gasteiger partial charge in [-0.05, 0) is 18.8 Å². The number of hydrogen-bond acceptors (Lipinski definition) is 2. The zero-order valence-corrected chi connectivity index (χ0v) is 22.8. The van der Waals surface area contributed by atoms with Crippen molar-refractivity contribution in [1.29, 1.82) is 0 Å². The van der Waals surface area contributed by atoms with Gasteiger partial charge in [0.1, 0.15) is 6.17 Å². The smallest absolute Gasteiger partial charge is 0.103 e. The van der Waals surface area contributed by atoms with E-state index in [-0.39, 0.29) is 0 Å². The Morgan fingerprint density at radius 2 is 0.750 bits per heavy atom. The van der Waals surface area contributed by atoms with Gasteiger partial charge in [0.05, 0.1) is 0 Å². The molecule has 0 aromatic rings. The SMILES string of the molecule is CCCCCCCCCCCCCN1C=CN(CCCCCCCCCCC)C1C(C)C. The molecule has 2 heteroatoms. The molecule has 0 aliphatic carbocycles. The Labute approximate surface area is 203 Å². The van der Waals surface area contributed by atoms with Crippen molar-refractivity contribution in [3.63, 3.8) is 0 Å². The van der Waals surface area contributed by atoms with Crippen LogP contribution in [0.15, 0.2) is 12.4 Å². The van der Waals surface area contributed by atoms with Crippen LogP contribution in [0.4, 0.5) is 0 Å². The first kappa shape index (κ1) is 29.4. The van der Waals surface area contributed by atoms with Gasteiger partial charge in [-0.1, -0.05) is 143 Å². The summed E-state index contributed by atoms with van der Waals surface area (Å²) >= 11 is 0. The first-order chi connectivity index (χ1) is 15.7. The molecule has 2 nitrogen and oxygen atoms in total. The molecule has 0 amide bonds. The Balaban J connectivity index is 2.05. The first-order valence-electron chi connectivity index (χ1n) is 14.9. The van der Waals surface area contributed by atoms with Crippen molar-refractivity contribution in [3.05, 3.63) is 12.4 Å². The van der Waals surface area contributed by atoms with Crippen molar-refractivity contribution < 1.29 is 0 Å². The average molecular weight is 449 g/mol. The zero-order chi connectivity index (χ0) is 23.3. The molecule has 190 valence electrons. The minimum Gasteiger partial charge on any atom is -0.356 e. The maximum atomic E-state index is 2.63. The molecule has 0 N–H and O–H groups in total. The summed E-state index contributed by atoms with van der Waals surface area (Å²) in [7, 11) is 0. The molecule has 0 bridgehead atoms. The molecular formula is C30H60N2. The first-order valence-corrected chi connectivity index (χ1v) is 14.9. The number of hydrogen-bond donors (Lipinski definition) is 0. The standard InChI is InChI=1S/C30H60N2/c1-5-7-9-11-13-15-16-18-20-22-24-26-32-28-27-31(30(32)29(3)4)25-23-21-19-17-14-12-10-8-6-2/h27-30H,5-26H2,1-4H3. The van der Waals surface area contributed by atoms with Gasteiger partial charge in [-0.3, -0.25) is 0 Å². The fourth-order valence-electron chi connectivity index (χ4n) is 5.28. The predicted octanol–water partition coefficient (Wildman–Crippen LogP) is 9.90. The summed E-state index contributed by atoms with van der Waals surface area (Å²) < 4.78 is 0. The molecule has 0 saturated heterocycles. The van der Waals surface area contributed by atoms with Crippen molar-refractivity contribution in [2.75, 3.05) is 13.1 Å². The maximum absolute atomic E-state index is 2.63. The molecule has 1 aliphatic rings. The third kappa shape index (κ3) is 14.5. The lowest BCUT2D eigenvalue weighted by Gasteiger charge is -2.36. The van der Waals surface area contributed by atoms with Crippen LogP contribution in [0, 0.1) is 5.92 Å². The van der Waals surface area contributed by atoms with E-state index in [2.05, 4.69) is 49.9 Å². The van der Waals surface area contributed by atoms with E-state index in [0.717, 1.165) is 0 Å². The fraction of sp³-hybridized carbons (Fsp3) is 0.933. The van der Waals surface area contributed by atoms with Crippen LogP contribution in [0.3, 0.4) is 0 Å². The second kappa shape index (κ2) is 20.9. The van der Waals surface area contributed by atoms with Gasteiger partial charge in [-0.15, -0.1) is 0 Å². The maximum Gasteiger partial charge on any atom is 0.103 e. The fourth-order valence-corrected chi connectivity index (χ4v) is 5.28. The molecule has 1 heterocycles. The highest BCUT2D eigenvalue weighted by Gasteiger charge is 2.28. The van der Waals surface area contributed by atoms with Gasteiger partial charge in [-0.25, -0.2) is 0 Å². The van der Waals surface area contributed by atoms with Gasteiger partial charge in [0.2, 0.25) is 0 Å². The van der Waals surface area contributed by atoms with Gasteiger partial charge < -0.3 is 9.80 Å². The Hall–Kier alpha value is -0.660. The molecule has 1 unspecified atom stereocenters. The number of nitrogens with zero attached hydrogens (tertiary/aromatic N) is 2. The summed E-state index contributed by atoms with van der Waals surface area (Å²) in [6.07, 6.45) is 33.8. The summed E-state index contributed by atoms with van der Waals surface area (Å²) in [4.78, 5) is 5.26. The van der Waals surface area contributed by atoms with Crippen LogP contribution >= 0.6 is 0 Å². The molecule has 1 aliphatic heterocycles. The Bertz CT molecular complexity index is 417. The average Bonchev–Trinajstić information content (AvgIpc) is 3.19. The zero-order valence-electron chi connectivity index (χ0n) is 22.8. The molecule has 1 atom stereocenters. The minimum absolute atomic E-state index is 0.590. The molecule has 0 spiro atoms. The van der Waals surface area contributed by atoms with Crippen LogP contribution in [0.5, 0.6) is 0 Å². The van der Waals surface area contributed by atoms with Crippen LogP contribution in [0.2, 0.25) is 0 Å². The second-order valence-electron chi connectivity index (χ2n) is 10.8. The third-order valence-electron chi connectivity index (χ3n) is 7.27. The van der Waals surface area contributed by atoms with Crippen molar-refractivity contribution in [3.8, 4) is 0 Å². The van der Waals surface area contributed by atoms with E-state index in [4.69, 9.17) is 0 Å². The second-order valence-corrected chi connectivity index (χ2v) is 10.8. The van der Waals surface area contributed by atoms with E-state index in [1.165, 1.54) is 142 Å². The molecule has 0 aromatic heterocycles. The van der Waals surface area contributed by atoms with Gasteiger partial charge in [0.15, 0.2) is 0 Å². The Morgan fingerprint density at radius 3 is 1.03 bits per heavy atom. The van der Waals surface area contributed by atoms with Crippen molar-refractivity contribution in [2.24, 2.45) is 5.92 Å². The van der Waals surface area contributed by atoms with Gasteiger partial charge in [-0.2, -0.15) is 0 Å². The van der Waals surface area contributed by atoms with Crippen LogP contribution in [-0.4, -0.2) is 29.1 Å². The van der Waals surface area contributed by atoms with Crippen LogP contribution in [0.1, 0.15) is 156 Å². The van der Waals surface area contributed by atoms with E-state index in [1.54, 1.807) is 0 Å². The van der Waals surface area contributed by atoms with Crippen molar-refractivity contribution in [1.82, 2.24) is 9.80 Å². The minimum atomic E-state index is 0.590. The van der Waals surface area contributed by atoms with Crippen molar-refractivity contribution in [2.45, 2.75) is 162 Å².